The molecule has 0 radical (unpaired) electrons. The topological polar surface area (TPSA) is 88.0 Å². The van der Waals surface area contributed by atoms with E-state index in [1.54, 1.807) is 48.5 Å². The van der Waals surface area contributed by atoms with Gasteiger partial charge in [-0.1, -0.05) is 41.9 Å². The highest BCUT2D eigenvalue weighted by Gasteiger charge is 2.40. The van der Waals surface area contributed by atoms with Crippen LogP contribution < -0.4 is 10.9 Å². The van der Waals surface area contributed by atoms with Gasteiger partial charge in [0.2, 0.25) is 5.76 Å². The Bertz CT molecular complexity index is 1670. The van der Waals surface area contributed by atoms with E-state index in [2.05, 4.69) is 15.5 Å². The van der Waals surface area contributed by atoms with Gasteiger partial charge in [-0.3, -0.25) is 9.59 Å². The van der Waals surface area contributed by atoms with Crippen LogP contribution >= 0.6 is 11.6 Å². The number of carbonyl (C=O) groups excluding carboxylic acids is 1. The number of halogens is 4. The lowest BCUT2D eigenvalue weighted by Crippen LogP contribution is -2.17. The number of aromatic amines is 1. The number of amides is 1. The third-order valence-electron chi connectivity index (χ3n) is 5.69. The van der Waals surface area contributed by atoms with E-state index in [1.807, 2.05) is 0 Å². The molecule has 5 rings (SSSR count). The fourth-order valence-corrected chi connectivity index (χ4v) is 4.11. The molecular weight excluding hydrogens is 507 g/mol. The molecule has 0 saturated carbocycles. The van der Waals surface area contributed by atoms with Crippen molar-refractivity contribution in [1.82, 2.24) is 10.2 Å². The van der Waals surface area contributed by atoms with Crippen molar-refractivity contribution in [1.29, 1.82) is 0 Å². The largest absolute Gasteiger partial charge is 0.451 e. The van der Waals surface area contributed by atoms with E-state index in [0.29, 0.717) is 39.2 Å². The van der Waals surface area contributed by atoms with Crippen LogP contribution in [-0.2, 0) is 12.6 Å². The van der Waals surface area contributed by atoms with E-state index in [-0.39, 0.29) is 11.3 Å². The minimum absolute atomic E-state index is 0.112. The summed E-state index contributed by atoms with van der Waals surface area (Å²) < 4.78 is 46.1. The van der Waals surface area contributed by atoms with Crippen LogP contribution in [0.1, 0.15) is 27.4 Å². The summed E-state index contributed by atoms with van der Waals surface area (Å²) in [7, 11) is 0. The predicted molar refractivity (Wildman–Crippen MR) is 134 cm³/mol. The fourth-order valence-electron chi connectivity index (χ4n) is 3.98. The Kier molecular flexibility index (Phi) is 6.31. The molecule has 0 fully saturated rings. The number of hydrogen-bond acceptors (Lipinski definition) is 4. The molecule has 0 spiro atoms. The van der Waals surface area contributed by atoms with Gasteiger partial charge in [0.05, 0.1) is 16.6 Å². The van der Waals surface area contributed by atoms with E-state index < -0.39 is 23.4 Å². The summed E-state index contributed by atoms with van der Waals surface area (Å²) in [6.07, 6.45) is -4.56. The summed E-state index contributed by atoms with van der Waals surface area (Å²) in [6.45, 7) is 0. The fraction of sp³-hybridized carbons (Fsp3) is 0.0741. The van der Waals surface area contributed by atoms with E-state index in [1.165, 1.54) is 24.3 Å². The van der Waals surface area contributed by atoms with Crippen LogP contribution in [0.2, 0.25) is 5.02 Å². The first kappa shape index (κ1) is 24.3. The van der Waals surface area contributed by atoms with Crippen molar-refractivity contribution in [2.45, 2.75) is 12.6 Å². The van der Waals surface area contributed by atoms with Gasteiger partial charge in [0, 0.05) is 28.1 Å². The molecule has 1 amide bonds. The number of benzene rings is 3. The summed E-state index contributed by atoms with van der Waals surface area (Å²) in [5, 5.41) is 10.7. The van der Waals surface area contributed by atoms with Gasteiger partial charge in [0.15, 0.2) is 0 Å². The van der Waals surface area contributed by atoms with Gasteiger partial charge in [0.25, 0.3) is 11.5 Å². The van der Waals surface area contributed by atoms with Crippen molar-refractivity contribution in [3.8, 4) is 11.3 Å². The summed E-state index contributed by atoms with van der Waals surface area (Å²) >= 11 is 5.85. The Morgan fingerprint density at radius 1 is 0.973 bits per heavy atom. The van der Waals surface area contributed by atoms with Crippen molar-refractivity contribution in [2.75, 3.05) is 5.32 Å². The Morgan fingerprint density at radius 2 is 1.70 bits per heavy atom. The van der Waals surface area contributed by atoms with E-state index in [9.17, 15) is 22.8 Å². The maximum absolute atomic E-state index is 13.7. The van der Waals surface area contributed by atoms with E-state index in [4.69, 9.17) is 16.0 Å². The highest BCUT2D eigenvalue weighted by atomic mass is 35.5. The van der Waals surface area contributed by atoms with Crippen molar-refractivity contribution in [3.63, 3.8) is 0 Å². The minimum Gasteiger partial charge on any atom is -0.451 e. The average Bonchev–Trinajstić information content (AvgIpc) is 3.33. The Balaban J connectivity index is 1.43. The van der Waals surface area contributed by atoms with Crippen LogP contribution in [0.4, 0.5) is 18.9 Å². The normalized spacial score (nSPS) is 11.6. The van der Waals surface area contributed by atoms with Crippen molar-refractivity contribution >= 4 is 34.0 Å². The van der Waals surface area contributed by atoms with Crippen LogP contribution in [0, 0.1) is 0 Å². The third kappa shape index (κ3) is 5.12. The second kappa shape index (κ2) is 9.59. The monoisotopic (exact) mass is 523 g/mol. The average molecular weight is 524 g/mol. The van der Waals surface area contributed by atoms with Crippen LogP contribution in [0.25, 0.3) is 22.1 Å². The zero-order chi connectivity index (χ0) is 26.2. The molecule has 37 heavy (non-hydrogen) atoms. The first-order valence-corrected chi connectivity index (χ1v) is 11.4. The Hall–Kier alpha value is -4.37. The maximum atomic E-state index is 13.7. The molecule has 0 unspecified atom stereocenters. The van der Waals surface area contributed by atoms with Gasteiger partial charge in [-0.15, -0.1) is 0 Å². The summed E-state index contributed by atoms with van der Waals surface area (Å²) in [5.41, 5.74) is 1.03. The summed E-state index contributed by atoms with van der Waals surface area (Å²) in [6, 6.07) is 20.8. The smallest absolute Gasteiger partial charge is 0.450 e. The zero-order valence-electron chi connectivity index (χ0n) is 18.9. The molecule has 6 nitrogen and oxygen atoms in total. The van der Waals surface area contributed by atoms with Crippen molar-refractivity contribution in [3.05, 3.63) is 117 Å². The SMILES string of the molecule is O=C(Nc1cccc(Cc2n[nH]c(=O)c3ccccc23)c1)c1cc(-c2ccc(Cl)cc2)oc1C(F)(F)F. The van der Waals surface area contributed by atoms with Gasteiger partial charge in [-0.05, 0) is 54.1 Å². The number of anilines is 1. The highest BCUT2D eigenvalue weighted by molar-refractivity contribution is 6.30. The van der Waals surface area contributed by atoms with Crippen molar-refractivity contribution < 1.29 is 22.4 Å². The quantitative estimate of drug-likeness (QED) is 0.268. The molecule has 0 bridgehead atoms. The predicted octanol–water partition coefficient (Wildman–Crippen LogP) is 6.70. The second-order valence-electron chi connectivity index (χ2n) is 8.23. The van der Waals surface area contributed by atoms with Gasteiger partial charge in [-0.25, -0.2) is 5.10 Å². The van der Waals surface area contributed by atoms with Gasteiger partial charge in [0.1, 0.15) is 5.76 Å². The van der Waals surface area contributed by atoms with Crippen LogP contribution in [0.3, 0.4) is 0 Å². The van der Waals surface area contributed by atoms with Crippen LogP contribution in [0.5, 0.6) is 0 Å². The summed E-state index contributed by atoms with van der Waals surface area (Å²) in [4.78, 5) is 25.0. The lowest BCUT2D eigenvalue weighted by molar-refractivity contribution is -0.153. The second-order valence-corrected chi connectivity index (χ2v) is 8.67. The highest BCUT2D eigenvalue weighted by Crippen LogP contribution is 2.37. The minimum atomic E-state index is -4.88. The molecule has 10 heteroatoms. The summed E-state index contributed by atoms with van der Waals surface area (Å²) in [5.74, 6) is -2.48. The number of rotatable bonds is 5. The Morgan fingerprint density at radius 3 is 2.43 bits per heavy atom. The van der Waals surface area contributed by atoms with Crippen LogP contribution in [0.15, 0.2) is 88.1 Å². The van der Waals surface area contributed by atoms with E-state index >= 15 is 0 Å². The number of nitrogens with one attached hydrogen (secondary N) is 2. The lowest BCUT2D eigenvalue weighted by Gasteiger charge is -2.09. The number of nitrogens with zero attached hydrogens (tertiary/aromatic N) is 1. The number of alkyl halides is 3. The molecule has 0 aliphatic heterocycles. The maximum Gasteiger partial charge on any atom is 0.450 e. The lowest BCUT2D eigenvalue weighted by atomic mass is 10.0. The van der Waals surface area contributed by atoms with Crippen molar-refractivity contribution in [2.24, 2.45) is 0 Å². The molecular formula is C27H17ClF3N3O3. The molecule has 186 valence electrons. The molecule has 3 aromatic carbocycles. The molecule has 5 aromatic rings. The van der Waals surface area contributed by atoms with Crippen LogP contribution in [-0.4, -0.2) is 16.1 Å². The first-order chi connectivity index (χ1) is 17.7. The Labute approximate surface area is 212 Å². The molecule has 0 aliphatic rings. The molecule has 2 heterocycles. The number of furan rings is 1. The molecule has 0 aliphatic carbocycles. The number of fused-ring (bicyclic) bond motifs is 1. The van der Waals surface area contributed by atoms with E-state index in [0.717, 1.165) is 11.6 Å². The standard InChI is InChI=1S/C27H17ClF3N3O3/c28-17-10-8-16(9-11-17)23-14-21(24(37-23)27(29,30)31)25(35)32-18-5-3-4-15(12-18)13-22-19-6-1-2-7-20(19)26(36)34-33-22/h1-12,14H,13H2,(H,32,35)(H,34,36). The molecule has 0 saturated heterocycles. The third-order valence-corrected chi connectivity index (χ3v) is 5.95. The number of hydrogen-bond donors (Lipinski definition) is 2. The number of carbonyl (C=O) groups is 1. The number of aromatic nitrogens is 2. The molecule has 2 N–H and O–H groups in total. The first-order valence-electron chi connectivity index (χ1n) is 11.0. The van der Waals surface area contributed by atoms with Gasteiger partial charge >= 0.3 is 6.18 Å². The van der Waals surface area contributed by atoms with Gasteiger partial charge in [-0.2, -0.15) is 18.3 Å². The molecule has 0 atom stereocenters. The zero-order valence-corrected chi connectivity index (χ0v) is 19.7. The molecule has 2 aromatic heterocycles. The number of H-pyrrole nitrogens is 1. The van der Waals surface area contributed by atoms with Gasteiger partial charge < -0.3 is 9.73 Å².